The minimum Gasteiger partial charge on any atom is -0.219 e. The van der Waals surface area contributed by atoms with Gasteiger partial charge in [-0.1, -0.05) is 0 Å². The van der Waals surface area contributed by atoms with Crippen LogP contribution in [0.3, 0.4) is 0 Å². The van der Waals surface area contributed by atoms with Crippen molar-refractivity contribution in [1.29, 1.82) is 5.26 Å². The molecule has 0 aliphatic carbocycles. The molecule has 13 heavy (non-hydrogen) atoms. The maximum Gasteiger partial charge on any atom is 0.175 e. The van der Waals surface area contributed by atoms with Crippen LogP contribution in [0.4, 0.5) is 0 Å². The summed E-state index contributed by atoms with van der Waals surface area (Å²) in [6, 6.07) is 0. The maximum atomic E-state index is 8.45. The molecule has 0 amide bonds. The third-order valence-electron chi connectivity index (χ3n) is 1.96. The van der Waals surface area contributed by atoms with Crippen molar-refractivity contribution in [3.05, 3.63) is 17.0 Å². The first-order chi connectivity index (χ1) is 6.07. The molecule has 0 aromatic carbocycles. The van der Waals surface area contributed by atoms with Crippen LogP contribution in [-0.4, -0.2) is 14.1 Å². The number of nitriles is 1. The van der Waals surface area contributed by atoms with Crippen molar-refractivity contribution in [2.24, 2.45) is 0 Å². The number of aryl methyl sites for hydroxylation is 1. The SMILES string of the molecule is Cc1nn(C(=S)SC#N)c(C)c1C. The molecule has 0 bridgehead atoms. The summed E-state index contributed by atoms with van der Waals surface area (Å²) in [4.78, 5) is 0. The number of thiocyanates is 1. The highest BCUT2D eigenvalue weighted by molar-refractivity contribution is 8.26. The molecule has 0 spiro atoms. The van der Waals surface area contributed by atoms with Crippen molar-refractivity contribution in [2.75, 3.05) is 0 Å². The molecule has 3 nitrogen and oxygen atoms in total. The highest BCUT2D eigenvalue weighted by Crippen LogP contribution is 2.14. The number of hydrogen-bond acceptors (Lipinski definition) is 4. The zero-order chi connectivity index (χ0) is 10.0. The summed E-state index contributed by atoms with van der Waals surface area (Å²) in [5.74, 6) is 0. The van der Waals surface area contributed by atoms with Gasteiger partial charge in [-0.3, -0.25) is 0 Å². The summed E-state index contributed by atoms with van der Waals surface area (Å²) < 4.78 is 2.12. The first kappa shape index (κ1) is 10.2. The van der Waals surface area contributed by atoms with E-state index in [0.717, 1.165) is 28.7 Å². The molecule has 0 fully saturated rings. The van der Waals surface area contributed by atoms with Crippen molar-refractivity contribution in [3.8, 4) is 5.40 Å². The van der Waals surface area contributed by atoms with Crippen molar-refractivity contribution < 1.29 is 0 Å². The van der Waals surface area contributed by atoms with Crippen LogP contribution < -0.4 is 0 Å². The fraction of sp³-hybridized carbons (Fsp3) is 0.375. The van der Waals surface area contributed by atoms with Gasteiger partial charge in [0.1, 0.15) is 5.40 Å². The summed E-state index contributed by atoms with van der Waals surface area (Å²) >= 11 is 5.98. The van der Waals surface area contributed by atoms with E-state index in [-0.39, 0.29) is 0 Å². The van der Waals surface area contributed by atoms with E-state index in [1.54, 1.807) is 4.68 Å². The summed E-state index contributed by atoms with van der Waals surface area (Å²) in [6.45, 7) is 5.87. The van der Waals surface area contributed by atoms with Crippen LogP contribution in [0.5, 0.6) is 0 Å². The van der Waals surface area contributed by atoms with Gasteiger partial charge in [0.2, 0.25) is 0 Å². The highest BCUT2D eigenvalue weighted by Gasteiger charge is 2.10. The molecule has 0 atom stereocenters. The van der Waals surface area contributed by atoms with Gasteiger partial charge in [-0.15, -0.1) is 0 Å². The van der Waals surface area contributed by atoms with Crippen molar-refractivity contribution in [2.45, 2.75) is 20.8 Å². The lowest BCUT2D eigenvalue weighted by molar-refractivity contribution is 0.906. The lowest BCUT2D eigenvalue weighted by atomic mass is 10.2. The van der Waals surface area contributed by atoms with Crippen molar-refractivity contribution in [1.82, 2.24) is 9.78 Å². The first-order valence-electron chi connectivity index (χ1n) is 3.71. The Labute approximate surface area is 86.7 Å². The van der Waals surface area contributed by atoms with E-state index in [1.807, 2.05) is 26.2 Å². The van der Waals surface area contributed by atoms with Gasteiger partial charge in [0, 0.05) is 17.5 Å². The third kappa shape index (κ3) is 1.90. The van der Waals surface area contributed by atoms with E-state index in [0.29, 0.717) is 4.32 Å². The first-order valence-corrected chi connectivity index (χ1v) is 4.93. The Balaban J connectivity index is 3.10. The van der Waals surface area contributed by atoms with Crippen LogP contribution in [-0.2, 0) is 0 Å². The van der Waals surface area contributed by atoms with Crippen LogP contribution in [0.2, 0.25) is 0 Å². The van der Waals surface area contributed by atoms with E-state index in [4.69, 9.17) is 17.5 Å². The van der Waals surface area contributed by atoms with Gasteiger partial charge in [0.15, 0.2) is 4.32 Å². The van der Waals surface area contributed by atoms with Crippen molar-refractivity contribution >= 4 is 28.3 Å². The minimum atomic E-state index is 0.483. The molecule has 0 saturated carbocycles. The third-order valence-corrected chi connectivity index (χ3v) is 2.82. The van der Waals surface area contributed by atoms with Gasteiger partial charge >= 0.3 is 0 Å². The highest BCUT2D eigenvalue weighted by atomic mass is 32.2. The summed E-state index contributed by atoms with van der Waals surface area (Å²) in [6.07, 6.45) is 0. The number of thioether (sulfide) groups is 1. The van der Waals surface area contributed by atoms with E-state index < -0.39 is 0 Å². The van der Waals surface area contributed by atoms with Crippen LogP contribution in [0, 0.1) is 31.4 Å². The Kier molecular flexibility index (Phi) is 3.07. The Bertz CT molecular complexity index is 387. The second-order valence-corrected chi connectivity index (χ2v) is 4.09. The number of nitrogens with zero attached hydrogens (tertiary/aromatic N) is 3. The van der Waals surface area contributed by atoms with Crippen molar-refractivity contribution in [3.63, 3.8) is 0 Å². The maximum absolute atomic E-state index is 8.45. The van der Waals surface area contributed by atoms with Crippen LogP contribution in [0.15, 0.2) is 0 Å². The average molecular weight is 211 g/mol. The zero-order valence-corrected chi connectivity index (χ0v) is 9.29. The van der Waals surface area contributed by atoms with Crippen LogP contribution >= 0.6 is 24.0 Å². The molecule has 1 rings (SSSR count). The van der Waals surface area contributed by atoms with Gasteiger partial charge in [-0.25, -0.2) is 4.68 Å². The predicted molar refractivity (Wildman–Crippen MR) is 57.6 cm³/mol. The monoisotopic (exact) mass is 211 g/mol. The Morgan fingerprint density at radius 1 is 1.54 bits per heavy atom. The second kappa shape index (κ2) is 3.90. The Morgan fingerprint density at radius 3 is 2.54 bits per heavy atom. The standard InChI is InChI=1S/C8H9N3S2/c1-5-6(2)10-11(7(5)3)8(12)13-4-9/h1-3H3. The average Bonchev–Trinajstić information content (AvgIpc) is 2.33. The van der Waals surface area contributed by atoms with Gasteiger partial charge in [-0.05, 0) is 38.6 Å². The summed E-state index contributed by atoms with van der Waals surface area (Å²) in [5, 5.41) is 14.6. The normalized spacial score (nSPS) is 9.69. The van der Waals surface area contributed by atoms with Gasteiger partial charge in [0.25, 0.3) is 0 Å². The molecular weight excluding hydrogens is 202 g/mol. The second-order valence-electron chi connectivity index (χ2n) is 2.67. The molecular formula is C8H9N3S2. The van der Waals surface area contributed by atoms with Crippen LogP contribution in [0.25, 0.3) is 0 Å². The molecule has 1 aromatic heterocycles. The number of hydrogen-bond donors (Lipinski definition) is 0. The molecule has 1 heterocycles. The molecule has 0 aliphatic heterocycles. The molecule has 0 saturated heterocycles. The fourth-order valence-corrected chi connectivity index (χ4v) is 1.61. The van der Waals surface area contributed by atoms with E-state index in [1.165, 1.54) is 0 Å². The molecule has 1 aromatic rings. The zero-order valence-electron chi connectivity index (χ0n) is 7.66. The smallest absolute Gasteiger partial charge is 0.175 e. The van der Waals surface area contributed by atoms with Gasteiger partial charge in [-0.2, -0.15) is 10.4 Å². The lowest BCUT2D eigenvalue weighted by Crippen LogP contribution is -2.08. The van der Waals surface area contributed by atoms with E-state index in [2.05, 4.69) is 5.10 Å². The van der Waals surface area contributed by atoms with Gasteiger partial charge in [0.05, 0.1) is 5.69 Å². The molecule has 68 valence electrons. The molecule has 0 N–H and O–H groups in total. The molecule has 5 heteroatoms. The quantitative estimate of drug-likeness (QED) is 0.487. The number of thiocarbonyl (C=S) groups is 1. The minimum absolute atomic E-state index is 0.483. The fourth-order valence-electron chi connectivity index (χ4n) is 0.981. The summed E-state index contributed by atoms with van der Waals surface area (Å²) in [5.41, 5.74) is 3.09. The number of aromatic nitrogens is 2. The van der Waals surface area contributed by atoms with E-state index in [9.17, 15) is 0 Å². The Morgan fingerprint density at radius 2 is 2.15 bits per heavy atom. The van der Waals surface area contributed by atoms with Gasteiger partial charge < -0.3 is 0 Å². The Hall–Kier alpha value is -0.860. The lowest BCUT2D eigenvalue weighted by Gasteiger charge is -2.00. The largest absolute Gasteiger partial charge is 0.219 e. The van der Waals surface area contributed by atoms with Crippen LogP contribution in [0.1, 0.15) is 17.0 Å². The molecule has 0 radical (unpaired) electrons. The number of rotatable bonds is 0. The summed E-state index contributed by atoms with van der Waals surface area (Å²) in [7, 11) is 0. The topological polar surface area (TPSA) is 41.6 Å². The molecule has 0 aliphatic rings. The van der Waals surface area contributed by atoms with E-state index >= 15 is 0 Å². The predicted octanol–water partition coefficient (Wildman–Crippen LogP) is 2.16. The molecule has 0 unspecified atom stereocenters.